The average molecular weight is 570 g/mol. The zero-order valence-electron chi connectivity index (χ0n) is 23.2. The highest BCUT2D eigenvalue weighted by Crippen LogP contribution is 2.31. The third-order valence-corrected chi connectivity index (χ3v) is 5.92. The van der Waals surface area contributed by atoms with Crippen molar-refractivity contribution < 1.29 is 27.4 Å². The number of nitrogens with one attached hydrogen (secondary N) is 1. The lowest BCUT2D eigenvalue weighted by molar-refractivity contribution is -0.274. The summed E-state index contributed by atoms with van der Waals surface area (Å²) in [5, 5.41) is 2.87. The highest BCUT2D eigenvalue weighted by Gasteiger charge is 2.31. The van der Waals surface area contributed by atoms with E-state index in [4.69, 9.17) is 4.74 Å². The zero-order valence-corrected chi connectivity index (χ0v) is 23.2. The maximum atomic E-state index is 13.8. The van der Waals surface area contributed by atoms with Crippen molar-refractivity contribution in [1.29, 1.82) is 0 Å². The summed E-state index contributed by atoms with van der Waals surface area (Å²) in [6.07, 6.45) is -3.44. The minimum absolute atomic E-state index is 0.0998. The van der Waals surface area contributed by atoms with Gasteiger partial charge in [-0.05, 0) is 75.5 Å². The van der Waals surface area contributed by atoms with Crippen LogP contribution < -0.4 is 20.3 Å². The van der Waals surface area contributed by atoms with Crippen molar-refractivity contribution in [3.05, 3.63) is 70.6 Å². The molecule has 0 aliphatic heterocycles. The van der Waals surface area contributed by atoms with Crippen LogP contribution in [0.4, 0.5) is 13.2 Å². The summed E-state index contributed by atoms with van der Waals surface area (Å²) in [5.74, 6) is -0.0229. The number of halogens is 3. The molecule has 4 aromatic rings. The standard InChI is InChI=1S/C29H30F3N5O4/c1-17(2)34-25(38)16-37-27(19-7-6-8-22(11-19)40-5)35-26-24(28(37)39)13-21(14-33-26)20-9-18(15-36(3)4)10-23(12-20)41-29(30,31)32/h6-14,17H,15-16H2,1-5H3,(H,34,38). The molecule has 0 saturated carbocycles. The molecule has 0 radical (unpaired) electrons. The Kier molecular flexibility index (Phi) is 8.62. The highest BCUT2D eigenvalue weighted by atomic mass is 19.4. The summed E-state index contributed by atoms with van der Waals surface area (Å²) in [7, 11) is 5.09. The monoisotopic (exact) mass is 569 g/mol. The second-order valence-corrected chi connectivity index (χ2v) is 10.0. The lowest BCUT2D eigenvalue weighted by Crippen LogP contribution is -2.37. The molecule has 0 fully saturated rings. The molecular formula is C29H30F3N5O4. The number of alkyl halides is 3. The SMILES string of the molecule is COc1cccc(-c2nc3ncc(-c4cc(CN(C)C)cc(OC(F)(F)F)c4)cc3c(=O)n2CC(=O)NC(C)C)c1. The Morgan fingerprint density at radius 3 is 2.44 bits per heavy atom. The molecule has 41 heavy (non-hydrogen) atoms. The van der Waals surface area contributed by atoms with Gasteiger partial charge in [0.2, 0.25) is 5.91 Å². The van der Waals surface area contributed by atoms with Gasteiger partial charge in [-0.2, -0.15) is 0 Å². The number of rotatable bonds is 9. The number of benzene rings is 2. The van der Waals surface area contributed by atoms with E-state index in [-0.39, 0.29) is 41.1 Å². The van der Waals surface area contributed by atoms with E-state index in [1.165, 1.54) is 36.1 Å². The normalized spacial score (nSPS) is 11.8. The molecule has 1 amide bonds. The predicted octanol–water partition coefficient (Wildman–Crippen LogP) is 4.62. The van der Waals surface area contributed by atoms with Crippen LogP contribution in [-0.4, -0.2) is 59.0 Å². The molecule has 0 unspecified atom stereocenters. The van der Waals surface area contributed by atoms with E-state index in [1.54, 1.807) is 63.2 Å². The first-order valence-electron chi connectivity index (χ1n) is 12.7. The number of ether oxygens (including phenoxy) is 2. The van der Waals surface area contributed by atoms with Crippen molar-refractivity contribution in [1.82, 2.24) is 24.8 Å². The average Bonchev–Trinajstić information content (AvgIpc) is 2.88. The first-order valence-corrected chi connectivity index (χ1v) is 12.7. The van der Waals surface area contributed by atoms with Crippen molar-refractivity contribution in [3.63, 3.8) is 0 Å². The molecule has 9 nitrogen and oxygen atoms in total. The van der Waals surface area contributed by atoms with Gasteiger partial charge >= 0.3 is 6.36 Å². The van der Waals surface area contributed by atoms with Gasteiger partial charge in [-0.3, -0.25) is 14.2 Å². The third kappa shape index (κ3) is 7.40. The largest absolute Gasteiger partial charge is 0.573 e. The van der Waals surface area contributed by atoms with Gasteiger partial charge in [0.15, 0.2) is 5.65 Å². The number of carbonyl (C=O) groups excluding carboxylic acids is 1. The number of nitrogens with zero attached hydrogens (tertiary/aromatic N) is 4. The first kappa shape index (κ1) is 29.5. The number of methoxy groups -OCH3 is 1. The zero-order chi connectivity index (χ0) is 29.9. The summed E-state index contributed by atoms with van der Waals surface area (Å²) in [4.78, 5) is 37.4. The molecule has 2 aromatic heterocycles. The van der Waals surface area contributed by atoms with Crippen LogP contribution >= 0.6 is 0 Å². The molecule has 0 spiro atoms. The Bertz CT molecular complexity index is 1630. The van der Waals surface area contributed by atoms with Gasteiger partial charge in [-0.1, -0.05) is 12.1 Å². The summed E-state index contributed by atoms with van der Waals surface area (Å²) in [5.41, 5.74) is 1.46. The van der Waals surface area contributed by atoms with Gasteiger partial charge in [0, 0.05) is 29.9 Å². The smallest absolute Gasteiger partial charge is 0.497 e. The topological polar surface area (TPSA) is 98.6 Å². The van der Waals surface area contributed by atoms with Crippen molar-refractivity contribution in [2.24, 2.45) is 0 Å². The van der Waals surface area contributed by atoms with Crippen molar-refractivity contribution in [3.8, 4) is 34.0 Å². The van der Waals surface area contributed by atoms with E-state index in [2.05, 4.69) is 20.0 Å². The molecule has 12 heteroatoms. The molecule has 2 heterocycles. The number of hydrogen-bond acceptors (Lipinski definition) is 7. The molecule has 4 rings (SSSR count). The quantitative estimate of drug-likeness (QED) is 0.314. The molecule has 0 saturated heterocycles. The van der Waals surface area contributed by atoms with Crippen LogP contribution in [-0.2, 0) is 17.9 Å². The van der Waals surface area contributed by atoms with Gasteiger partial charge in [-0.15, -0.1) is 13.2 Å². The number of amides is 1. The van der Waals surface area contributed by atoms with Gasteiger partial charge in [-0.25, -0.2) is 9.97 Å². The summed E-state index contributed by atoms with van der Waals surface area (Å²) < 4.78 is 49.9. The fourth-order valence-corrected chi connectivity index (χ4v) is 4.38. The summed E-state index contributed by atoms with van der Waals surface area (Å²) in [6.45, 7) is 3.66. The van der Waals surface area contributed by atoms with Crippen LogP contribution in [0.2, 0.25) is 0 Å². The van der Waals surface area contributed by atoms with Crippen LogP contribution in [0.1, 0.15) is 19.4 Å². The van der Waals surface area contributed by atoms with E-state index in [9.17, 15) is 22.8 Å². The predicted molar refractivity (Wildman–Crippen MR) is 149 cm³/mol. The number of fused-ring (bicyclic) bond motifs is 1. The van der Waals surface area contributed by atoms with Crippen LogP contribution in [0.15, 0.2) is 59.5 Å². The van der Waals surface area contributed by atoms with Gasteiger partial charge in [0.05, 0.1) is 12.5 Å². The van der Waals surface area contributed by atoms with Crippen LogP contribution in [0, 0.1) is 0 Å². The van der Waals surface area contributed by atoms with Gasteiger partial charge in [0.1, 0.15) is 23.9 Å². The van der Waals surface area contributed by atoms with Crippen molar-refractivity contribution >= 4 is 16.9 Å². The van der Waals surface area contributed by atoms with E-state index in [1.807, 2.05) is 0 Å². The van der Waals surface area contributed by atoms with E-state index < -0.39 is 11.9 Å². The minimum Gasteiger partial charge on any atom is -0.497 e. The van der Waals surface area contributed by atoms with E-state index in [0.29, 0.717) is 34.5 Å². The second kappa shape index (κ2) is 12.0. The lowest BCUT2D eigenvalue weighted by atomic mass is 10.0. The highest BCUT2D eigenvalue weighted by molar-refractivity contribution is 5.83. The van der Waals surface area contributed by atoms with Crippen molar-refractivity contribution in [2.75, 3.05) is 21.2 Å². The van der Waals surface area contributed by atoms with E-state index >= 15 is 0 Å². The van der Waals surface area contributed by atoms with Gasteiger partial charge < -0.3 is 19.7 Å². The lowest BCUT2D eigenvalue weighted by Gasteiger charge is -2.16. The molecular weight excluding hydrogens is 539 g/mol. The number of hydrogen-bond donors (Lipinski definition) is 1. The Hall–Kier alpha value is -4.45. The van der Waals surface area contributed by atoms with Gasteiger partial charge in [0.25, 0.3) is 5.56 Å². The Morgan fingerprint density at radius 2 is 1.78 bits per heavy atom. The fourth-order valence-electron chi connectivity index (χ4n) is 4.38. The number of carbonyl (C=O) groups is 1. The number of aromatic nitrogens is 3. The summed E-state index contributed by atoms with van der Waals surface area (Å²) in [6, 6.07) is 12.5. The number of pyridine rings is 1. The first-order chi connectivity index (χ1) is 19.3. The molecule has 216 valence electrons. The van der Waals surface area contributed by atoms with Crippen LogP contribution in [0.25, 0.3) is 33.5 Å². The van der Waals surface area contributed by atoms with Crippen LogP contribution in [0.5, 0.6) is 11.5 Å². The Labute approximate surface area is 234 Å². The molecule has 0 aliphatic rings. The summed E-state index contributed by atoms with van der Waals surface area (Å²) >= 11 is 0. The molecule has 2 aromatic carbocycles. The molecule has 0 aliphatic carbocycles. The maximum Gasteiger partial charge on any atom is 0.573 e. The van der Waals surface area contributed by atoms with E-state index in [0.717, 1.165) is 0 Å². The fraction of sp³-hybridized carbons (Fsp3) is 0.310. The molecule has 0 bridgehead atoms. The Morgan fingerprint density at radius 1 is 1.05 bits per heavy atom. The van der Waals surface area contributed by atoms with Crippen LogP contribution in [0.3, 0.4) is 0 Å². The molecule has 0 atom stereocenters. The molecule has 1 N–H and O–H groups in total. The third-order valence-electron chi connectivity index (χ3n) is 5.92. The maximum absolute atomic E-state index is 13.8. The second-order valence-electron chi connectivity index (χ2n) is 10.0. The van der Waals surface area contributed by atoms with Crippen molar-refractivity contribution in [2.45, 2.75) is 39.3 Å². The minimum atomic E-state index is -4.87. The Balaban J connectivity index is 1.89.